The first-order chi connectivity index (χ1) is 10.7. The largest absolute Gasteiger partial charge is 0.416 e. The van der Waals surface area contributed by atoms with Gasteiger partial charge in [-0.1, -0.05) is 26.0 Å². The zero-order chi connectivity index (χ0) is 17.2. The third-order valence-electron chi connectivity index (χ3n) is 3.85. The van der Waals surface area contributed by atoms with Gasteiger partial charge in [-0.25, -0.2) is 0 Å². The summed E-state index contributed by atoms with van der Waals surface area (Å²) in [6, 6.07) is 5.10. The van der Waals surface area contributed by atoms with Crippen LogP contribution in [0.25, 0.3) is 0 Å². The summed E-state index contributed by atoms with van der Waals surface area (Å²) in [5.41, 5.74) is 3.17. The fourth-order valence-corrected chi connectivity index (χ4v) is 2.34. The van der Waals surface area contributed by atoms with Crippen LogP contribution >= 0.6 is 0 Å². The van der Waals surface area contributed by atoms with Crippen molar-refractivity contribution in [3.8, 4) is 0 Å². The molecule has 0 fully saturated rings. The zero-order valence-corrected chi connectivity index (χ0v) is 13.6. The number of rotatable bonds is 4. The second-order valence-electron chi connectivity index (χ2n) is 5.89. The maximum atomic E-state index is 12.5. The summed E-state index contributed by atoms with van der Waals surface area (Å²) in [4.78, 5) is 0. The Morgan fingerprint density at radius 1 is 1.00 bits per heavy atom. The van der Waals surface area contributed by atoms with Crippen LogP contribution in [0.3, 0.4) is 0 Å². The smallest absolute Gasteiger partial charge is 0.364 e. The van der Waals surface area contributed by atoms with Crippen molar-refractivity contribution in [1.29, 1.82) is 0 Å². The maximum absolute atomic E-state index is 12.5. The predicted octanol–water partition coefficient (Wildman–Crippen LogP) is 4.85. The molecule has 0 amide bonds. The first-order valence-electron chi connectivity index (χ1n) is 7.44. The van der Waals surface area contributed by atoms with E-state index >= 15 is 0 Å². The molecule has 2 aromatic rings. The van der Waals surface area contributed by atoms with Gasteiger partial charge in [0.1, 0.15) is 0 Å². The minimum absolute atomic E-state index is 0.296. The normalized spacial score (nSPS) is 11.8. The van der Waals surface area contributed by atoms with E-state index < -0.39 is 11.7 Å². The fourth-order valence-electron chi connectivity index (χ4n) is 2.34. The van der Waals surface area contributed by atoms with Gasteiger partial charge in [0.2, 0.25) is 0 Å². The lowest BCUT2D eigenvalue weighted by molar-refractivity contribution is -0.137. The molecule has 0 unspecified atom stereocenters. The topological polar surface area (TPSA) is 37.8 Å². The van der Waals surface area contributed by atoms with E-state index in [0.29, 0.717) is 18.3 Å². The van der Waals surface area contributed by atoms with Gasteiger partial charge in [0.15, 0.2) is 5.82 Å². The van der Waals surface area contributed by atoms with Gasteiger partial charge < -0.3 is 5.32 Å². The number of hydrogen-bond acceptors (Lipinski definition) is 3. The number of anilines is 1. The van der Waals surface area contributed by atoms with Crippen LogP contribution in [0.5, 0.6) is 0 Å². The number of nitrogens with one attached hydrogen (secondary N) is 1. The van der Waals surface area contributed by atoms with Gasteiger partial charge in [0, 0.05) is 6.54 Å². The van der Waals surface area contributed by atoms with Gasteiger partial charge in [-0.15, -0.1) is 5.10 Å². The SMILES string of the molecule is Cc1c(NCc2ccc(C(F)(F)F)cc2)nnc(C(C)C)c1C. The molecule has 0 radical (unpaired) electrons. The van der Waals surface area contributed by atoms with Gasteiger partial charge in [-0.3, -0.25) is 0 Å². The van der Waals surface area contributed by atoms with Crippen molar-refractivity contribution >= 4 is 5.82 Å². The highest BCUT2D eigenvalue weighted by molar-refractivity contribution is 5.48. The Hall–Kier alpha value is -2.11. The standard InChI is InChI=1S/C17H20F3N3/c1-10(2)15-11(3)12(4)16(23-22-15)21-9-13-5-7-14(8-6-13)17(18,19)20/h5-8,10H,9H2,1-4H3,(H,21,23). The lowest BCUT2D eigenvalue weighted by Gasteiger charge is -2.14. The van der Waals surface area contributed by atoms with E-state index in [0.717, 1.165) is 34.5 Å². The first kappa shape index (κ1) is 17.2. The van der Waals surface area contributed by atoms with Crippen LogP contribution in [-0.4, -0.2) is 10.2 Å². The van der Waals surface area contributed by atoms with Crippen LogP contribution in [-0.2, 0) is 12.7 Å². The number of aromatic nitrogens is 2. The van der Waals surface area contributed by atoms with Crippen LogP contribution < -0.4 is 5.32 Å². The van der Waals surface area contributed by atoms with Crippen molar-refractivity contribution in [1.82, 2.24) is 10.2 Å². The minimum atomic E-state index is -4.31. The molecule has 1 N–H and O–H groups in total. The Morgan fingerprint density at radius 3 is 2.13 bits per heavy atom. The number of hydrogen-bond donors (Lipinski definition) is 1. The van der Waals surface area contributed by atoms with Crippen LogP contribution in [0.1, 0.15) is 47.7 Å². The summed E-state index contributed by atoms with van der Waals surface area (Å²) in [5.74, 6) is 0.956. The molecule has 2 rings (SSSR count). The van der Waals surface area contributed by atoms with Crippen molar-refractivity contribution in [2.75, 3.05) is 5.32 Å². The van der Waals surface area contributed by atoms with Gasteiger partial charge in [0.05, 0.1) is 11.3 Å². The molecule has 0 spiro atoms. The number of nitrogens with zero attached hydrogens (tertiary/aromatic N) is 2. The van der Waals surface area contributed by atoms with Crippen molar-refractivity contribution < 1.29 is 13.2 Å². The maximum Gasteiger partial charge on any atom is 0.416 e. The summed E-state index contributed by atoms with van der Waals surface area (Å²) >= 11 is 0. The predicted molar refractivity (Wildman–Crippen MR) is 84.4 cm³/mol. The third-order valence-corrected chi connectivity index (χ3v) is 3.85. The molecule has 124 valence electrons. The minimum Gasteiger partial charge on any atom is -0.364 e. The Bertz CT molecular complexity index is 677. The molecule has 0 aliphatic rings. The summed E-state index contributed by atoms with van der Waals surface area (Å²) in [6.07, 6.45) is -4.31. The highest BCUT2D eigenvalue weighted by Crippen LogP contribution is 2.29. The van der Waals surface area contributed by atoms with Gasteiger partial charge >= 0.3 is 6.18 Å². The van der Waals surface area contributed by atoms with E-state index in [1.54, 1.807) is 0 Å². The van der Waals surface area contributed by atoms with Crippen LogP contribution in [0.15, 0.2) is 24.3 Å². The van der Waals surface area contributed by atoms with Gasteiger partial charge in [-0.2, -0.15) is 18.3 Å². The molecule has 1 aromatic heterocycles. The molecule has 0 atom stereocenters. The zero-order valence-electron chi connectivity index (χ0n) is 13.6. The molecule has 0 aliphatic heterocycles. The average Bonchev–Trinajstić information content (AvgIpc) is 2.48. The molecule has 1 aromatic carbocycles. The number of alkyl halides is 3. The first-order valence-corrected chi connectivity index (χ1v) is 7.44. The summed E-state index contributed by atoms with van der Waals surface area (Å²) < 4.78 is 37.6. The highest BCUT2D eigenvalue weighted by Gasteiger charge is 2.29. The van der Waals surface area contributed by atoms with E-state index in [4.69, 9.17) is 0 Å². The molecular formula is C17H20F3N3. The molecule has 23 heavy (non-hydrogen) atoms. The molecule has 0 saturated heterocycles. The van der Waals surface area contributed by atoms with Crippen molar-refractivity contribution in [2.45, 2.75) is 46.3 Å². The molecule has 1 heterocycles. The van der Waals surface area contributed by atoms with Crippen LogP contribution in [0, 0.1) is 13.8 Å². The van der Waals surface area contributed by atoms with E-state index in [9.17, 15) is 13.2 Å². The van der Waals surface area contributed by atoms with Crippen molar-refractivity contribution in [2.24, 2.45) is 0 Å². The van der Waals surface area contributed by atoms with Gasteiger partial charge in [0.25, 0.3) is 0 Å². The van der Waals surface area contributed by atoms with Crippen LogP contribution in [0.2, 0.25) is 0 Å². The Kier molecular flexibility index (Phi) is 4.92. The molecular weight excluding hydrogens is 303 g/mol. The fraction of sp³-hybridized carbons (Fsp3) is 0.412. The molecule has 0 saturated carbocycles. The van der Waals surface area contributed by atoms with Gasteiger partial charge in [-0.05, 0) is 48.6 Å². The molecule has 0 bridgehead atoms. The lowest BCUT2D eigenvalue weighted by Crippen LogP contribution is -2.09. The Morgan fingerprint density at radius 2 is 1.61 bits per heavy atom. The van der Waals surface area contributed by atoms with E-state index in [-0.39, 0.29) is 0 Å². The number of halogens is 3. The second-order valence-corrected chi connectivity index (χ2v) is 5.89. The summed E-state index contributed by atoms with van der Waals surface area (Å²) in [6.45, 7) is 8.49. The molecule has 3 nitrogen and oxygen atoms in total. The average molecular weight is 323 g/mol. The van der Waals surface area contributed by atoms with Crippen LogP contribution in [0.4, 0.5) is 19.0 Å². The van der Waals surface area contributed by atoms with Crippen molar-refractivity contribution in [3.63, 3.8) is 0 Å². The second kappa shape index (κ2) is 6.56. The van der Waals surface area contributed by atoms with E-state index in [1.165, 1.54) is 12.1 Å². The lowest BCUT2D eigenvalue weighted by atomic mass is 10.0. The summed E-state index contributed by atoms with van der Waals surface area (Å²) in [5, 5.41) is 11.6. The quantitative estimate of drug-likeness (QED) is 0.874. The molecule has 0 aliphatic carbocycles. The van der Waals surface area contributed by atoms with E-state index in [1.807, 2.05) is 13.8 Å². The number of benzene rings is 1. The monoisotopic (exact) mass is 323 g/mol. The van der Waals surface area contributed by atoms with E-state index in [2.05, 4.69) is 29.4 Å². The molecule has 6 heteroatoms. The summed E-state index contributed by atoms with van der Waals surface area (Å²) in [7, 11) is 0. The Balaban J connectivity index is 2.11. The highest BCUT2D eigenvalue weighted by atomic mass is 19.4. The van der Waals surface area contributed by atoms with Crippen molar-refractivity contribution in [3.05, 3.63) is 52.2 Å². The third kappa shape index (κ3) is 4.00. The Labute approximate surface area is 133 Å².